The van der Waals surface area contributed by atoms with Crippen LogP contribution in [0.5, 0.6) is 0 Å². The van der Waals surface area contributed by atoms with E-state index in [9.17, 15) is 0 Å². The number of alkyl halides is 1. The van der Waals surface area contributed by atoms with E-state index in [1.165, 1.54) is 0 Å². The third-order valence-corrected chi connectivity index (χ3v) is 3.54. The van der Waals surface area contributed by atoms with Crippen molar-refractivity contribution in [1.82, 2.24) is 3.53 Å². The van der Waals surface area contributed by atoms with Crippen molar-refractivity contribution in [2.45, 2.75) is 38.1 Å². The molecular formula is C6H13ClIN. The second-order valence-corrected chi connectivity index (χ2v) is 4.68. The quantitative estimate of drug-likeness (QED) is 0.458. The highest BCUT2D eigenvalue weighted by Crippen LogP contribution is 2.28. The molecule has 0 aromatic carbocycles. The second-order valence-electron chi connectivity index (χ2n) is 3.19. The molecular weight excluding hydrogens is 248 g/mol. The van der Waals surface area contributed by atoms with Gasteiger partial charge in [0.1, 0.15) is 0 Å². The maximum Gasteiger partial charge on any atom is 0.0573 e. The Kier molecular flexibility index (Phi) is 3.24. The van der Waals surface area contributed by atoms with Crippen molar-refractivity contribution in [2.24, 2.45) is 0 Å². The van der Waals surface area contributed by atoms with Crippen LogP contribution < -0.4 is 3.53 Å². The van der Waals surface area contributed by atoms with Gasteiger partial charge in [-0.05, 0) is 27.7 Å². The fourth-order valence-electron chi connectivity index (χ4n) is 0.112. The third kappa shape index (κ3) is 2.60. The molecule has 0 bridgehead atoms. The summed E-state index contributed by atoms with van der Waals surface area (Å²) in [7, 11) is 0. The molecule has 0 aliphatic carbocycles. The fraction of sp³-hybridized carbons (Fsp3) is 1.00. The summed E-state index contributed by atoms with van der Waals surface area (Å²) in [5.41, 5.74) is -0.0187. The summed E-state index contributed by atoms with van der Waals surface area (Å²) in [5.74, 6) is 0. The van der Waals surface area contributed by atoms with Gasteiger partial charge in [0.2, 0.25) is 0 Å². The van der Waals surface area contributed by atoms with Crippen LogP contribution in [0.4, 0.5) is 0 Å². The summed E-state index contributed by atoms with van der Waals surface area (Å²) < 4.78 is 3.12. The van der Waals surface area contributed by atoms with Gasteiger partial charge in [0.05, 0.1) is 4.87 Å². The van der Waals surface area contributed by atoms with Gasteiger partial charge in [0.25, 0.3) is 0 Å². The van der Waals surface area contributed by atoms with Crippen LogP contribution in [0, 0.1) is 0 Å². The van der Waals surface area contributed by atoms with Crippen molar-refractivity contribution in [3.8, 4) is 0 Å². The van der Waals surface area contributed by atoms with E-state index in [2.05, 4.69) is 40.2 Å². The SMILES string of the molecule is CC(C)(Cl)C(C)(C)NI. The lowest BCUT2D eigenvalue weighted by molar-refractivity contribution is 0.386. The molecule has 0 radical (unpaired) electrons. The Morgan fingerprint density at radius 1 is 1.22 bits per heavy atom. The van der Waals surface area contributed by atoms with Gasteiger partial charge in [0, 0.05) is 28.4 Å². The number of hydrogen-bond acceptors (Lipinski definition) is 1. The van der Waals surface area contributed by atoms with Gasteiger partial charge in [-0.2, -0.15) is 0 Å². The van der Waals surface area contributed by atoms with Gasteiger partial charge in [-0.1, -0.05) is 0 Å². The zero-order valence-electron chi connectivity index (χ0n) is 6.26. The van der Waals surface area contributed by atoms with Crippen molar-refractivity contribution in [2.75, 3.05) is 0 Å². The van der Waals surface area contributed by atoms with Crippen LogP contribution in [0.1, 0.15) is 27.7 Å². The summed E-state index contributed by atoms with van der Waals surface area (Å²) >= 11 is 8.18. The Morgan fingerprint density at radius 2 is 1.56 bits per heavy atom. The van der Waals surface area contributed by atoms with Gasteiger partial charge in [0.15, 0.2) is 0 Å². The molecule has 0 spiro atoms. The summed E-state index contributed by atoms with van der Waals surface area (Å²) in [5, 5.41) is 0. The van der Waals surface area contributed by atoms with E-state index < -0.39 is 0 Å². The van der Waals surface area contributed by atoms with Gasteiger partial charge < -0.3 is 0 Å². The van der Waals surface area contributed by atoms with Crippen molar-refractivity contribution in [3.63, 3.8) is 0 Å². The molecule has 0 fully saturated rings. The van der Waals surface area contributed by atoms with E-state index in [1.807, 2.05) is 13.8 Å². The first kappa shape index (κ1) is 9.98. The molecule has 3 heteroatoms. The molecule has 1 N–H and O–H groups in total. The molecule has 0 amide bonds. The number of nitrogens with one attached hydrogen (secondary N) is 1. The number of hydrogen-bond donors (Lipinski definition) is 1. The van der Waals surface area contributed by atoms with E-state index >= 15 is 0 Å². The van der Waals surface area contributed by atoms with Crippen LogP contribution in [0.15, 0.2) is 0 Å². The highest BCUT2D eigenvalue weighted by Gasteiger charge is 2.33. The van der Waals surface area contributed by atoms with Crippen LogP contribution in [0.2, 0.25) is 0 Å². The molecule has 9 heavy (non-hydrogen) atoms. The summed E-state index contributed by atoms with van der Waals surface area (Å²) in [6.45, 7) is 8.15. The summed E-state index contributed by atoms with van der Waals surface area (Å²) in [6, 6.07) is 0. The molecule has 56 valence electrons. The minimum absolute atomic E-state index is 0.0187. The molecule has 0 rings (SSSR count). The Bertz CT molecular complexity index is 95.7. The molecule has 0 saturated carbocycles. The highest BCUT2D eigenvalue weighted by molar-refractivity contribution is 14.1. The predicted octanol–water partition coefficient (Wildman–Crippen LogP) is 2.72. The Balaban J connectivity index is 4.14. The van der Waals surface area contributed by atoms with Crippen molar-refractivity contribution < 1.29 is 0 Å². The second kappa shape index (κ2) is 2.93. The van der Waals surface area contributed by atoms with Crippen LogP contribution in [0.3, 0.4) is 0 Å². The standard InChI is InChI=1S/C6H13ClIN/c1-5(2,7)6(3,4)9-8/h9H,1-4H3. The molecule has 1 nitrogen and oxygen atoms in total. The van der Waals surface area contributed by atoms with Crippen LogP contribution in [-0.4, -0.2) is 10.4 Å². The van der Waals surface area contributed by atoms with E-state index in [-0.39, 0.29) is 10.4 Å². The minimum atomic E-state index is -0.200. The van der Waals surface area contributed by atoms with Crippen molar-refractivity contribution in [1.29, 1.82) is 0 Å². The molecule has 0 saturated heterocycles. The molecule has 0 heterocycles. The maximum atomic E-state index is 6.06. The zero-order valence-corrected chi connectivity index (χ0v) is 9.17. The van der Waals surface area contributed by atoms with Crippen molar-refractivity contribution in [3.05, 3.63) is 0 Å². The Hall–Kier alpha value is 0.980. The van der Waals surface area contributed by atoms with Gasteiger partial charge in [-0.3, -0.25) is 3.53 Å². The van der Waals surface area contributed by atoms with E-state index in [4.69, 9.17) is 11.6 Å². The van der Waals surface area contributed by atoms with Crippen molar-refractivity contribution >= 4 is 34.5 Å². The average molecular weight is 262 g/mol. The molecule has 0 unspecified atom stereocenters. The van der Waals surface area contributed by atoms with E-state index in [1.54, 1.807) is 0 Å². The smallest absolute Gasteiger partial charge is 0.0573 e. The predicted molar refractivity (Wildman–Crippen MR) is 51.2 cm³/mol. The fourth-order valence-corrected chi connectivity index (χ4v) is 0.993. The van der Waals surface area contributed by atoms with Gasteiger partial charge >= 0.3 is 0 Å². The lowest BCUT2D eigenvalue weighted by Crippen LogP contribution is -2.48. The normalized spacial score (nSPS) is 14.0. The largest absolute Gasteiger partial charge is 0.254 e. The maximum absolute atomic E-state index is 6.06. The van der Waals surface area contributed by atoms with E-state index in [0.29, 0.717) is 0 Å². The van der Waals surface area contributed by atoms with Gasteiger partial charge in [-0.25, -0.2) is 0 Å². The topological polar surface area (TPSA) is 12.0 Å². The molecule has 0 aromatic heterocycles. The van der Waals surface area contributed by atoms with Crippen LogP contribution in [-0.2, 0) is 0 Å². The first-order valence-corrected chi connectivity index (χ1v) is 4.33. The monoisotopic (exact) mass is 261 g/mol. The lowest BCUT2D eigenvalue weighted by atomic mass is 9.91. The molecule has 0 atom stereocenters. The summed E-state index contributed by atoms with van der Waals surface area (Å²) in [4.78, 5) is -0.200. The molecule has 0 aliphatic rings. The molecule has 0 aliphatic heterocycles. The Labute approximate surface area is 76.0 Å². The highest BCUT2D eigenvalue weighted by atomic mass is 127. The minimum Gasteiger partial charge on any atom is -0.254 e. The van der Waals surface area contributed by atoms with E-state index in [0.717, 1.165) is 0 Å². The first-order valence-electron chi connectivity index (χ1n) is 2.88. The number of rotatable bonds is 2. The molecule has 0 aromatic rings. The first-order chi connectivity index (χ1) is 3.81. The third-order valence-electron chi connectivity index (χ3n) is 1.72. The average Bonchev–Trinajstić information content (AvgIpc) is 1.64. The summed E-state index contributed by atoms with van der Waals surface area (Å²) in [6.07, 6.45) is 0. The number of halogens is 2. The lowest BCUT2D eigenvalue weighted by Gasteiger charge is -2.35. The van der Waals surface area contributed by atoms with Gasteiger partial charge in [-0.15, -0.1) is 11.6 Å². The zero-order chi connectivity index (χ0) is 7.71. The van der Waals surface area contributed by atoms with Crippen LogP contribution in [0.25, 0.3) is 0 Å². The van der Waals surface area contributed by atoms with Crippen LogP contribution >= 0.6 is 34.5 Å². The Morgan fingerprint density at radius 3 is 1.56 bits per heavy atom.